The number of nitrogens with zero attached hydrogens (tertiary/aromatic N) is 6. The average molecular weight is 372 g/mol. The quantitative estimate of drug-likeness (QED) is 0.537. The Labute approximate surface area is 162 Å². The van der Waals surface area contributed by atoms with Gasteiger partial charge in [-0.15, -0.1) is 5.10 Å². The van der Waals surface area contributed by atoms with Gasteiger partial charge in [0.05, 0.1) is 11.2 Å². The molecule has 0 spiro atoms. The maximum absolute atomic E-state index is 13.0. The second kappa shape index (κ2) is 7.56. The van der Waals surface area contributed by atoms with E-state index in [4.69, 9.17) is 0 Å². The van der Waals surface area contributed by atoms with Crippen LogP contribution in [0.25, 0.3) is 27.7 Å². The molecular formula is C21H20N6O. The van der Waals surface area contributed by atoms with Gasteiger partial charge in [0.25, 0.3) is 5.91 Å². The smallest absolute Gasteiger partial charge is 0.253 e. The number of pyridine rings is 1. The van der Waals surface area contributed by atoms with E-state index in [9.17, 15) is 4.79 Å². The molecule has 0 bridgehead atoms. The molecule has 2 aromatic carbocycles. The summed E-state index contributed by atoms with van der Waals surface area (Å²) >= 11 is 0. The van der Waals surface area contributed by atoms with Crippen LogP contribution < -0.4 is 0 Å². The van der Waals surface area contributed by atoms with Crippen LogP contribution in [-0.4, -0.2) is 49.1 Å². The normalized spacial score (nSPS) is 10.9. The highest BCUT2D eigenvalue weighted by molar-refractivity contribution is 5.99. The van der Waals surface area contributed by atoms with Gasteiger partial charge in [-0.1, -0.05) is 18.2 Å². The van der Waals surface area contributed by atoms with Gasteiger partial charge < -0.3 is 4.90 Å². The van der Waals surface area contributed by atoms with Gasteiger partial charge >= 0.3 is 0 Å². The van der Waals surface area contributed by atoms with Crippen molar-refractivity contribution < 1.29 is 4.79 Å². The molecule has 0 unspecified atom stereocenters. The van der Waals surface area contributed by atoms with Crippen LogP contribution in [0, 0.1) is 0 Å². The number of hydrogen-bond donors (Lipinski definition) is 0. The summed E-state index contributed by atoms with van der Waals surface area (Å²) in [6, 6.07) is 15.7. The van der Waals surface area contributed by atoms with Crippen LogP contribution in [0.15, 0.2) is 61.1 Å². The van der Waals surface area contributed by atoms with E-state index in [0.29, 0.717) is 18.7 Å². The lowest BCUT2D eigenvalue weighted by Gasteiger charge is -2.20. The zero-order valence-corrected chi connectivity index (χ0v) is 15.8. The fraction of sp³-hybridized carbons (Fsp3) is 0.190. The Morgan fingerprint density at radius 3 is 2.68 bits per heavy atom. The fourth-order valence-corrected chi connectivity index (χ4v) is 3.35. The molecule has 0 radical (unpaired) electrons. The summed E-state index contributed by atoms with van der Waals surface area (Å²) in [4.78, 5) is 19.3. The Balaban J connectivity index is 1.93. The molecule has 0 aliphatic heterocycles. The number of amides is 1. The van der Waals surface area contributed by atoms with E-state index in [0.717, 1.165) is 27.7 Å². The molecule has 0 saturated carbocycles. The minimum absolute atomic E-state index is 0.0143. The van der Waals surface area contributed by atoms with Crippen LogP contribution in [0.4, 0.5) is 0 Å². The number of hydrogen-bond acceptors (Lipinski definition) is 5. The van der Waals surface area contributed by atoms with Crippen molar-refractivity contribution in [3.8, 4) is 16.8 Å². The van der Waals surface area contributed by atoms with Crippen molar-refractivity contribution in [1.82, 2.24) is 30.1 Å². The SMILES string of the molecule is CCN(CC)C(=O)c1cc(-c2cccc3ncccc23)cc(-n2cnnn2)c1. The Morgan fingerprint density at radius 2 is 1.93 bits per heavy atom. The highest BCUT2D eigenvalue weighted by atomic mass is 16.2. The van der Waals surface area contributed by atoms with Gasteiger partial charge in [0.2, 0.25) is 0 Å². The summed E-state index contributed by atoms with van der Waals surface area (Å²) in [7, 11) is 0. The van der Waals surface area contributed by atoms with E-state index >= 15 is 0 Å². The van der Waals surface area contributed by atoms with Gasteiger partial charge in [0.1, 0.15) is 6.33 Å². The Hall–Kier alpha value is -3.61. The number of rotatable bonds is 5. The van der Waals surface area contributed by atoms with E-state index in [1.807, 2.05) is 62.4 Å². The molecule has 0 aliphatic carbocycles. The Morgan fingerprint density at radius 1 is 1.07 bits per heavy atom. The Kier molecular flexibility index (Phi) is 4.80. The van der Waals surface area contributed by atoms with Crippen molar-refractivity contribution in [2.24, 2.45) is 0 Å². The number of benzene rings is 2. The van der Waals surface area contributed by atoms with Gasteiger partial charge in [-0.2, -0.15) is 0 Å². The number of carbonyl (C=O) groups is 1. The van der Waals surface area contributed by atoms with Crippen LogP contribution in [0.1, 0.15) is 24.2 Å². The summed E-state index contributed by atoms with van der Waals surface area (Å²) in [5.41, 5.74) is 4.17. The van der Waals surface area contributed by atoms with E-state index < -0.39 is 0 Å². The minimum atomic E-state index is -0.0143. The molecule has 0 saturated heterocycles. The van der Waals surface area contributed by atoms with Crippen LogP contribution in [0.5, 0.6) is 0 Å². The third-order valence-electron chi connectivity index (χ3n) is 4.79. The molecule has 2 heterocycles. The summed E-state index contributed by atoms with van der Waals surface area (Å²) in [5, 5.41) is 12.5. The second-order valence-electron chi connectivity index (χ2n) is 6.38. The average Bonchev–Trinajstić information content (AvgIpc) is 3.29. The highest BCUT2D eigenvalue weighted by Gasteiger charge is 2.16. The zero-order chi connectivity index (χ0) is 19.5. The van der Waals surface area contributed by atoms with Crippen molar-refractivity contribution in [2.45, 2.75) is 13.8 Å². The van der Waals surface area contributed by atoms with E-state index in [-0.39, 0.29) is 5.91 Å². The monoisotopic (exact) mass is 372 g/mol. The lowest BCUT2D eigenvalue weighted by molar-refractivity contribution is 0.0773. The minimum Gasteiger partial charge on any atom is -0.339 e. The van der Waals surface area contributed by atoms with E-state index in [1.165, 1.54) is 6.33 Å². The molecule has 0 fully saturated rings. The largest absolute Gasteiger partial charge is 0.339 e. The standard InChI is InChI=1S/C21H20N6O/c1-3-26(4-2)21(28)16-11-15(12-17(13-16)27-14-23-24-25-27)18-7-5-9-20-19(18)8-6-10-22-20/h5-14H,3-4H2,1-2H3. The topological polar surface area (TPSA) is 76.8 Å². The molecular weight excluding hydrogens is 352 g/mol. The second-order valence-corrected chi connectivity index (χ2v) is 6.38. The molecule has 7 nitrogen and oxygen atoms in total. The van der Waals surface area contributed by atoms with Gasteiger partial charge in [-0.3, -0.25) is 9.78 Å². The molecule has 1 amide bonds. The first-order chi connectivity index (χ1) is 13.7. The lowest BCUT2D eigenvalue weighted by Crippen LogP contribution is -2.30. The van der Waals surface area contributed by atoms with Crippen molar-refractivity contribution in [3.05, 3.63) is 66.6 Å². The third-order valence-corrected chi connectivity index (χ3v) is 4.79. The number of fused-ring (bicyclic) bond motifs is 1. The van der Waals surface area contributed by atoms with Crippen LogP contribution in [0.3, 0.4) is 0 Å². The predicted octanol–water partition coefficient (Wildman–Crippen LogP) is 3.36. The molecule has 4 rings (SSSR count). The third kappa shape index (κ3) is 3.22. The maximum Gasteiger partial charge on any atom is 0.253 e. The van der Waals surface area contributed by atoms with Crippen molar-refractivity contribution in [3.63, 3.8) is 0 Å². The summed E-state index contributed by atoms with van der Waals surface area (Å²) in [6.45, 7) is 5.25. The van der Waals surface area contributed by atoms with Gasteiger partial charge in [0, 0.05) is 30.2 Å². The van der Waals surface area contributed by atoms with Crippen LogP contribution in [-0.2, 0) is 0 Å². The molecule has 4 aromatic rings. The first-order valence-electron chi connectivity index (χ1n) is 9.23. The van der Waals surface area contributed by atoms with E-state index in [1.54, 1.807) is 15.8 Å². The summed E-state index contributed by atoms with van der Waals surface area (Å²) < 4.78 is 1.56. The summed E-state index contributed by atoms with van der Waals surface area (Å²) in [6.07, 6.45) is 3.30. The molecule has 0 atom stereocenters. The van der Waals surface area contributed by atoms with Crippen molar-refractivity contribution in [2.75, 3.05) is 13.1 Å². The van der Waals surface area contributed by atoms with Crippen molar-refractivity contribution in [1.29, 1.82) is 0 Å². The lowest BCUT2D eigenvalue weighted by atomic mass is 9.97. The van der Waals surface area contributed by atoms with Crippen LogP contribution >= 0.6 is 0 Å². The first kappa shape index (κ1) is 17.8. The molecule has 0 N–H and O–H groups in total. The van der Waals surface area contributed by atoms with Crippen LogP contribution in [0.2, 0.25) is 0 Å². The van der Waals surface area contributed by atoms with Gasteiger partial charge in [0.15, 0.2) is 0 Å². The van der Waals surface area contributed by atoms with Gasteiger partial charge in [-0.25, -0.2) is 4.68 Å². The number of aromatic nitrogens is 5. The molecule has 0 aliphatic rings. The highest BCUT2D eigenvalue weighted by Crippen LogP contribution is 2.30. The predicted molar refractivity (Wildman–Crippen MR) is 107 cm³/mol. The Bertz CT molecular complexity index is 1110. The molecule has 7 heteroatoms. The maximum atomic E-state index is 13.0. The zero-order valence-electron chi connectivity index (χ0n) is 15.8. The fourth-order valence-electron chi connectivity index (χ4n) is 3.35. The number of tetrazole rings is 1. The van der Waals surface area contributed by atoms with Crippen molar-refractivity contribution >= 4 is 16.8 Å². The van der Waals surface area contributed by atoms with E-state index in [2.05, 4.69) is 20.5 Å². The molecule has 140 valence electrons. The number of carbonyl (C=O) groups excluding carboxylic acids is 1. The first-order valence-corrected chi connectivity index (χ1v) is 9.23. The molecule has 28 heavy (non-hydrogen) atoms. The summed E-state index contributed by atoms with van der Waals surface area (Å²) in [5.74, 6) is -0.0143. The van der Waals surface area contributed by atoms with Gasteiger partial charge in [-0.05, 0) is 65.7 Å². The molecule has 2 aromatic heterocycles.